The summed E-state index contributed by atoms with van der Waals surface area (Å²) in [5, 5.41) is 9.91. The Bertz CT molecular complexity index is 1190. The maximum Gasteiger partial charge on any atom is 0.320 e. The van der Waals surface area contributed by atoms with Crippen LogP contribution in [-0.4, -0.2) is 87.8 Å². The maximum absolute atomic E-state index is 13.7. The molecule has 1 aromatic heterocycles. The highest BCUT2D eigenvalue weighted by Gasteiger charge is 2.44. The van der Waals surface area contributed by atoms with Crippen LogP contribution in [0.15, 0.2) is 46.3 Å². The monoisotopic (exact) mass is 580 g/mol. The summed E-state index contributed by atoms with van der Waals surface area (Å²) in [6.07, 6.45) is 5.04. The number of carboxylic acid groups (broad SMARTS) is 1. The molecule has 3 fully saturated rings. The van der Waals surface area contributed by atoms with Gasteiger partial charge in [-0.1, -0.05) is 43.8 Å². The third-order valence-corrected chi connectivity index (χ3v) is 9.60. The Labute approximate surface area is 248 Å². The molecule has 2 amide bonds. The van der Waals surface area contributed by atoms with Crippen LogP contribution in [0.5, 0.6) is 0 Å². The van der Waals surface area contributed by atoms with Gasteiger partial charge in [0.25, 0.3) is 0 Å². The van der Waals surface area contributed by atoms with Crippen LogP contribution in [-0.2, 0) is 22.5 Å². The summed E-state index contributed by atoms with van der Waals surface area (Å²) in [4.78, 5) is 37.5. The largest absolute Gasteiger partial charge is 0.481 e. The molecule has 3 aliphatic heterocycles. The molecule has 8 nitrogen and oxygen atoms in total. The standard InChI is InChI=1S/C32H44N4O4S/c1-22(2)18-28-21-35(26-12-16-40-17-13-26)32(39)36(28)27-10-14-34(15-11-27)20-25-6-9-30(33-23(25)3)41-29-7-4-24(5-8-29)19-31(37)38/h4-9,22,26-28H,10-21H2,1-3H3,(H,37,38)/t28-/m1/s1. The van der Waals surface area contributed by atoms with E-state index in [0.29, 0.717) is 24.0 Å². The molecule has 0 radical (unpaired) electrons. The molecular weight excluding hydrogens is 536 g/mol. The number of aliphatic carboxylic acids is 1. The zero-order valence-electron chi connectivity index (χ0n) is 24.6. The molecule has 0 aliphatic carbocycles. The topological polar surface area (TPSA) is 86.2 Å². The smallest absolute Gasteiger partial charge is 0.320 e. The second-order valence-electron chi connectivity index (χ2n) is 12.2. The fraction of sp³-hybridized carbons (Fsp3) is 0.594. The molecular formula is C32H44N4O4S. The minimum absolute atomic E-state index is 0.0376. The van der Waals surface area contributed by atoms with Crippen LogP contribution in [0.4, 0.5) is 4.79 Å². The first-order chi connectivity index (χ1) is 19.8. The van der Waals surface area contributed by atoms with E-state index in [2.05, 4.69) is 47.6 Å². The normalized spacial score (nSPS) is 21.3. The van der Waals surface area contributed by atoms with Crippen LogP contribution >= 0.6 is 11.8 Å². The Hall–Kier alpha value is -2.62. The van der Waals surface area contributed by atoms with E-state index in [0.717, 1.165) is 92.7 Å². The third-order valence-electron chi connectivity index (χ3n) is 8.66. The lowest BCUT2D eigenvalue weighted by molar-refractivity contribution is -0.136. The van der Waals surface area contributed by atoms with Gasteiger partial charge in [0.15, 0.2) is 0 Å². The number of likely N-dealkylation sites (tertiary alicyclic amines) is 1. The first-order valence-corrected chi connectivity index (χ1v) is 15.9. The lowest BCUT2D eigenvalue weighted by atomic mass is 9.97. The zero-order chi connectivity index (χ0) is 28.9. The van der Waals surface area contributed by atoms with Crippen molar-refractivity contribution in [1.82, 2.24) is 19.7 Å². The lowest BCUT2D eigenvalue weighted by Crippen LogP contribution is -2.50. The average molecular weight is 581 g/mol. The summed E-state index contributed by atoms with van der Waals surface area (Å²) in [6.45, 7) is 11.8. The van der Waals surface area contributed by atoms with Gasteiger partial charge in [0.05, 0.1) is 12.5 Å². The van der Waals surface area contributed by atoms with E-state index in [1.807, 2.05) is 24.3 Å². The highest BCUT2D eigenvalue weighted by Crippen LogP contribution is 2.33. The number of hydrogen-bond donors (Lipinski definition) is 1. The van der Waals surface area contributed by atoms with Gasteiger partial charge in [0.1, 0.15) is 5.03 Å². The highest BCUT2D eigenvalue weighted by molar-refractivity contribution is 7.99. The van der Waals surface area contributed by atoms with Gasteiger partial charge in [-0.2, -0.15) is 0 Å². The molecule has 222 valence electrons. The van der Waals surface area contributed by atoms with Gasteiger partial charge in [0, 0.05) is 62.1 Å². The molecule has 0 saturated carbocycles. The van der Waals surface area contributed by atoms with Crippen molar-refractivity contribution < 1.29 is 19.4 Å². The first-order valence-electron chi connectivity index (χ1n) is 15.1. The van der Waals surface area contributed by atoms with Crippen molar-refractivity contribution in [2.45, 2.75) is 93.9 Å². The number of rotatable bonds is 10. The number of aryl methyl sites for hydroxylation is 1. The second-order valence-corrected chi connectivity index (χ2v) is 13.3. The number of pyridine rings is 1. The van der Waals surface area contributed by atoms with E-state index >= 15 is 0 Å². The number of amides is 2. The van der Waals surface area contributed by atoms with Crippen molar-refractivity contribution in [3.05, 3.63) is 53.2 Å². The van der Waals surface area contributed by atoms with Gasteiger partial charge in [0.2, 0.25) is 0 Å². The van der Waals surface area contributed by atoms with Crippen molar-refractivity contribution in [3.8, 4) is 0 Å². The number of ether oxygens (including phenoxy) is 1. The van der Waals surface area contributed by atoms with E-state index in [1.165, 1.54) is 5.56 Å². The van der Waals surface area contributed by atoms with Gasteiger partial charge in [-0.15, -0.1) is 0 Å². The van der Waals surface area contributed by atoms with Crippen LogP contribution in [0.25, 0.3) is 0 Å². The van der Waals surface area contributed by atoms with E-state index in [4.69, 9.17) is 14.8 Å². The molecule has 0 unspecified atom stereocenters. The van der Waals surface area contributed by atoms with Crippen molar-refractivity contribution in [3.63, 3.8) is 0 Å². The van der Waals surface area contributed by atoms with Crippen LogP contribution in [0, 0.1) is 12.8 Å². The van der Waals surface area contributed by atoms with Gasteiger partial charge < -0.3 is 19.6 Å². The van der Waals surface area contributed by atoms with E-state index < -0.39 is 5.97 Å². The molecule has 1 N–H and O–H groups in total. The third kappa shape index (κ3) is 7.62. The molecule has 2 aromatic rings. The molecule has 0 bridgehead atoms. The molecule has 3 saturated heterocycles. The lowest BCUT2D eigenvalue weighted by Gasteiger charge is -2.39. The van der Waals surface area contributed by atoms with Crippen molar-refractivity contribution in [1.29, 1.82) is 0 Å². The number of urea groups is 1. The molecule has 4 heterocycles. The Kier molecular flexibility index (Phi) is 9.88. The Balaban J connectivity index is 1.16. The van der Waals surface area contributed by atoms with Crippen LogP contribution in [0.2, 0.25) is 0 Å². The van der Waals surface area contributed by atoms with Gasteiger partial charge in [-0.05, 0) is 74.3 Å². The molecule has 3 aliphatic rings. The number of hydrogen-bond acceptors (Lipinski definition) is 6. The fourth-order valence-electron chi connectivity index (χ4n) is 6.54. The minimum atomic E-state index is -0.820. The van der Waals surface area contributed by atoms with Crippen molar-refractivity contribution in [2.24, 2.45) is 5.92 Å². The predicted molar refractivity (Wildman–Crippen MR) is 160 cm³/mol. The summed E-state index contributed by atoms with van der Waals surface area (Å²) < 4.78 is 5.57. The number of benzene rings is 1. The van der Waals surface area contributed by atoms with Crippen LogP contribution < -0.4 is 0 Å². The summed E-state index contributed by atoms with van der Waals surface area (Å²) in [7, 11) is 0. The number of piperidine rings is 1. The minimum Gasteiger partial charge on any atom is -0.481 e. The molecule has 0 spiro atoms. The van der Waals surface area contributed by atoms with Gasteiger partial charge >= 0.3 is 12.0 Å². The molecule has 5 rings (SSSR count). The van der Waals surface area contributed by atoms with Crippen molar-refractivity contribution >= 4 is 23.8 Å². The Morgan fingerprint density at radius 2 is 1.76 bits per heavy atom. The van der Waals surface area contributed by atoms with E-state index in [1.54, 1.807) is 11.8 Å². The van der Waals surface area contributed by atoms with E-state index in [-0.39, 0.29) is 12.5 Å². The first kappa shape index (κ1) is 29.9. The SMILES string of the molecule is Cc1nc(Sc2ccc(CC(=O)O)cc2)ccc1CN1CCC(N2C(=O)N(C3CCOCC3)C[C@H]2CC(C)C)CC1. The molecule has 9 heteroatoms. The zero-order valence-corrected chi connectivity index (χ0v) is 25.4. The van der Waals surface area contributed by atoms with Crippen LogP contribution in [0.3, 0.4) is 0 Å². The number of aromatic nitrogens is 1. The summed E-state index contributed by atoms with van der Waals surface area (Å²) >= 11 is 1.59. The second kappa shape index (κ2) is 13.6. The van der Waals surface area contributed by atoms with Crippen LogP contribution in [0.1, 0.15) is 62.8 Å². The van der Waals surface area contributed by atoms with Gasteiger partial charge in [-0.25, -0.2) is 9.78 Å². The fourth-order valence-corrected chi connectivity index (χ4v) is 7.38. The van der Waals surface area contributed by atoms with Gasteiger partial charge in [-0.3, -0.25) is 9.69 Å². The number of carbonyl (C=O) groups excluding carboxylic acids is 1. The molecule has 1 aromatic carbocycles. The summed E-state index contributed by atoms with van der Waals surface area (Å²) in [5.41, 5.74) is 3.08. The summed E-state index contributed by atoms with van der Waals surface area (Å²) in [6, 6.07) is 13.1. The molecule has 1 atom stereocenters. The number of carboxylic acids is 1. The van der Waals surface area contributed by atoms with Crippen molar-refractivity contribution in [2.75, 3.05) is 32.8 Å². The Morgan fingerprint density at radius 1 is 1.05 bits per heavy atom. The highest BCUT2D eigenvalue weighted by atomic mass is 32.2. The maximum atomic E-state index is 13.7. The quantitative estimate of drug-likeness (QED) is 0.399. The Morgan fingerprint density at radius 3 is 2.39 bits per heavy atom. The number of carbonyl (C=O) groups is 2. The average Bonchev–Trinajstić information content (AvgIpc) is 3.26. The summed E-state index contributed by atoms with van der Waals surface area (Å²) in [5.74, 6) is -0.252. The number of nitrogens with zero attached hydrogens (tertiary/aromatic N) is 4. The molecule has 41 heavy (non-hydrogen) atoms. The predicted octanol–water partition coefficient (Wildman–Crippen LogP) is 5.46. The van der Waals surface area contributed by atoms with E-state index in [9.17, 15) is 9.59 Å².